The molecule has 0 aliphatic carbocycles. The smallest absolute Gasteiger partial charge is 0.224 e. The van der Waals surface area contributed by atoms with Crippen LogP contribution < -0.4 is 11.1 Å². The van der Waals surface area contributed by atoms with E-state index < -0.39 is 0 Å². The number of hydrogen-bond donors (Lipinski definition) is 3. The fourth-order valence-corrected chi connectivity index (χ4v) is 1.71. The third-order valence-electron chi connectivity index (χ3n) is 2.98. The average molecular weight is 319 g/mol. The fraction of sp³-hybridized carbons (Fsp3) is 0.385. The Kier molecular flexibility index (Phi) is 7.57. The Morgan fingerprint density at radius 1 is 1.35 bits per heavy atom. The van der Waals surface area contributed by atoms with Crippen molar-refractivity contribution in [3.8, 4) is 0 Å². The Labute approximate surface area is 130 Å². The number of para-hydroxylation sites is 2. The highest BCUT2D eigenvalue weighted by atomic mass is 35.5. The van der Waals surface area contributed by atoms with Gasteiger partial charge in [-0.05, 0) is 19.1 Å². The van der Waals surface area contributed by atoms with Crippen LogP contribution in [-0.4, -0.2) is 22.4 Å². The number of H-pyrrole nitrogens is 1. The van der Waals surface area contributed by atoms with Crippen LogP contribution >= 0.6 is 24.8 Å². The highest BCUT2D eigenvalue weighted by Crippen LogP contribution is 2.15. The summed E-state index contributed by atoms with van der Waals surface area (Å²) in [7, 11) is 0. The Morgan fingerprint density at radius 3 is 2.60 bits per heavy atom. The lowest BCUT2D eigenvalue weighted by Gasteiger charge is -2.14. The van der Waals surface area contributed by atoms with Crippen LogP contribution in [0.15, 0.2) is 24.3 Å². The van der Waals surface area contributed by atoms with Crippen LogP contribution in [0.2, 0.25) is 0 Å². The number of nitrogens with two attached hydrogens (primary N) is 1. The number of halogens is 2. The molecule has 0 radical (unpaired) electrons. The van der Waals surface area contributed by atoms with E-state index in [1.807, 2.05) is 31.2 Å². The van der Waals surface area contributed by atoms with Gasteiger partial charge in [0.2, 0.25) is 5.91 Å². The molecule has 1 aromatic heterocycles. The summed E-state index contributed by atoms with van der Waals surface area (Å²) in [5, 5.41) is 2.90. The zero-order valence-electron chi connectivity index (χ0n) is 11.4. The molecule has 1 amide bonds. The lowest BCUT2D eigenvalue weighted by molar-refractivity contribution is -0.124. The summed E-state index contributed by atoms with van der Waals surface area (Å²) < 4.78 is 0. The number of benzene rings is 1. The van der Waals surface area contributed by atoms with Crippen molar-refractivity contribution in [3.05, 3.63) is 30.1 Å². The Bertz CT molecular complexity index is 525. The summed E-state index contributed by atoms with van der Waals surface area (Å²) in [5.41, 5.74) is 7.34. The van der Waals surface area contributed by atoms with Gasteiger partial charge in [-0.25, -0.2) is 4.98 Å². The third kappa shape index (κ3) is 4.10. The van der Waals surface area contributed by atoms with Crippen LogP contribution in [0.3, 0.4) is 0 Å². The molecule has 2 unspecified atom stereocenters. The Hall–Kier alpha value is -1.30. The number of carbonyl (C=O) groups excluding carboxylic acids is 1. The van der Waals surface area contributed by atoms with Crippen LogP contribution in [-0.2, 0) is 4.79 Å². The molecule has 0 aliphatic heterocycles. The van der Waals surface area contributed by atoms with Crippen molar-refractivity contribution in [2.45, 2.75) is 19.9 Å². The van der Waals surface area contributed by atoms with Gasteiger partial charge in [-0.1, -0.05) is 19.1 Å². The first-order chi connectivity index (χ1) is 8.61. The maximum Gasteiger partial charge on any atom is 0.224 e. The van der Waals surface area contributed by atoms with Gasteiger partial charge in [-0.2, -0.15) is 0 Å². The maximum atomic E-state index is 11.7. The number of aromatic amines is 1. The molecule has 5 nitrogen and oxygen atoms in total. The second-order valence-corrected chi connectivity index (χ2v) is 4.51. The summed E-state index contributed by atoms with van der Waals surface area (Å²) in [4.78, 5) is 19.4. The summed E-state index contributed by atoms with van der Waals surface area (Å²) in [6.45, 7) is 4.05. The van der Waals surface area contributed by atoms with E-state index in [1.54, 1.807) is 6.92 Å². The van der Waals surface area contributed by atoms with Gasteiger partial charge >= 0.3 is 0 Å². The highest BCUT2D eigenvalue weighted by molar-refractivity contribution is 5.85. The van der Waals surface area contributed by atoms with Crippen molar-refractivity contribution in [1.29, 1.82) is 0 Å². The number of rotatable bonds is 4. The number of aromatic nitrogens is 2. The number of amides is 1. The van der Waals surface area contributed by atoms with Crippen LogP contribution in [0.25, 0.3) is 11.0 Å². The van der Waals surface area contributed by atoms with Crippen molar-refractivity contribution in [1.82, 2.24) is 15.3 Å². The molecule has 0 saturated heterocycles. The predicted molar refractivity (Wildman–Crippen MR) is 85.4 cm³/mol. The molecule has 2 aromatic rings. The molecule has 112 valence electrons. The molecule has 2 atom stereocenters. The first-order valence-electron chi connectivity index (χ1n) is 6.07. The average Bonchev–Trinajstić information content (AvgIpc) is 2.81. The van der Waals surface area contributed by atoms with E-state index in [1.165, 1.54) is 0 Å². The number of carbonyl (C=O) groups is 1. The van der Waals surface area contributed by atoms with Gasteiger partial charge < -0.3 is 16.0 Å². The topological polar surface area (TPSA) is 83.8 Å². The van der Waals surface area contributed by atoms with Gasteiger partial charge in [-0.15, -0.1) is 24.8 Å². The summed E-state index contributed by atoms with van der Waals surface area (Å²) >= 11 is 0. The molecule has 20 heavy (non-hydrogen) atoms. The molecule has 0 spiro atoms. The summed E-state index contributed by atoms with van der Waals surface area (Å²) in [5.74, 6) is 0.524. The molecule has 4 N–H and O–H groups in total. The number of imidazole rings is 1. The van der Waals surface area contributed by atoms with Crippen LogP contribution in [0, 0.1) is 5.92 Å². The number of hydrogen-bond acceptors (Lipinski definition) is 3. The SMILES string of the molecule is CC(CN)C(=O)NC(C)c1nc2ccccc2[nH]1.Cl.Cl. The van der Waals surface area contributed by atoms with Gasteiger partial charge in [0.05, 0.1) is 17.1 Å². The maximum absolute atomic E-state index is 11.7. The molecule has 7 heteroatoms. The minimum absolute atomic E-state index is 0. The zero-order chi connectivity index (χ0) is 13.1. The zero-order valence-corrected chi connectivity index (χ0v) is 13.1. The van der Waals surface area contributed by atoms with E-state index in [0.29, 0.717) is 6.54 Å². The van der Waals surface area contributed by atoms with E-state index in [2.05, 4.69) is 15.3 Å². The molecule has 0 aliphatic rings. The van der Waals surface area contributed by atoms with Crippen LogP contribution in [0.1, 0.15) is 25.7 Å². The van der Waals surface area contributed by atoms with E-state index in [9.17, 15) is 4.79 Å². The molecule has 0 fully saturated rings. The second kappa shape index (κ2) is 8.09. The van der Waals surface area contributed by atoms with Crippen molar-refractivity contribution < 1.29 is 4.79 Å². The van der Waals surface area contributed by atoms with Crippen molar-refractivity contribution in [3.63, 3.8) is 0 Å². The lowest BCUT2D eigenvalue weighted by atomic mass is 10.1. The second-order valence-electron chi connectivity index (χ2n) is 4.51. The van der Waals surface area contributed by atoms with Crippen molar-refractivity contribution in [2.24, 2.45) is 11.7 Å². The first-order valence-corrected chi connectivity index (χ1v) is 6.07. The quantitative estimate of drug-likeness (QED) is 0.807. The summed E-state index contributed by atoms with van der Waals surface area (Å²) in [6, 6.07) is 7.63. The monoisotopic (exact) mass is 318 g/mol. The van der Waals surface area contributed by atoms with Crippen molar-refractivity contribution in [2.75, 3.05) is 6.54 Å². The minimum Gasteiger partial charge on any atom is -0.346 e. The van der Waals surface area contributed by atoms with E-state index in [-0.39, 0.29) is 42.7 Å². The standard InChI is InChI=1S/C13H18N4O.2ClH/c1-8(7-14)13(18)15-9(2)12-16-10-5-3-4-6-11(10)17-12;;/h3-6,8-9H,7,14H2,1-2H3,(H,15,18)(H,16,17);2*1H. The molecular weight excluding hydrogens is 299 g/mol. The molecule has 1 aromatic carbocycles. The van der Waals surface area contributed by atoms with Gasteiger partial charge in [0.15, 0.2) is 0 Å². The van der Waals surface area contributed by atoms with E-state index in [0.717, 1.165) is 16.9 Å². The normalized spacial score (nSPS) is 12.9. The van der Waals surface area contributed by atoms with Gasteiger partial charge in [-0.3, -0.25) is 4.79 Å². The fourth-order valence-electron chi connectivity index (χ4n) is 1.71. The molecular formula is C13H20Cl2N4O. The number of nitrogens with one attached hydrogen (secondary N) is 2. The van der Waals surface area contributed by atoms with E-state index in [4.69, 9.17) is 5.73 Å². The minimum atomic E-state index is -0.183. The predicted octanol–water partition coefficient (Wildman–Crippen LogP) is 2.18. The Morgan fingerprint density at radius 2 is 2.00 bits per heavy atom. The van der Waals surface area contributed by atoms with Gasteiger partial charge in [0, 0.05) is 12.5 Å². The van der Waals surface area contributed by atoms with E-state index >= 15 is 0 Å². The van der Waals surface area contributed by atoms with Crippen LogP contribution in [0.5, 0.6) is 0 Å². The lowest BCUT2D eigenvalue weighted by Crippen LogP contribution is -2.35. The largest absolute Gasteiger partial charge is 0.346 e. The third-order valence-corrected chi connectivity index (χ3v) is 2.98. The molecule has 1 heterocycles. The molecule has 2 rings (SSSR count). The summed E-state index contributed by atoms with van der Waals surface area (Å²) in [6.07, 6.45) is 0. The van der Waals surface area contributed by atoms with Crippen LogP contribution in [0.4, 0.5) is 0 Å². The highest BCUT2D eigenvalue weighted by Gasteiger charge is 2.16. The molecule has 0 bridgehead atoms. The van der Waals surface area contributed by atoms with Crippen molar-refractivity contribution >= 4 is 41.8 Å². The van der Waals surface area contributed by atoms with Gasteiger partial charge in [0.25, 0.3) is 0 Å². The number of nitrogens with zero attached hydrogens (tertiary/aromatic N) is 1. The van der Waals surface area contributed by atoms with Gasteiger partial charge in [0.1, 0.15) is 5.82 Å². The first kappa shape index (κ1) is 18.7. The Balaban J connectivity index is 0.00000180. The number of fused-ring (bicyclic) bond motifs is 1. The molecule has 0 saturated carbocycles.